The summed E-state index contributed by atoms with van der Waals surface area (Å²) < 4.78 is 0. The van der Waals surface area contributed by atoms with Crippen molar-refractivity contribution in [3.8, 4) is 0 Å². The molecule has 1 aliphatic heterocycles. The Balaban J connectivity index is 2.15. The lowest BCUT2D eigenvalue weighted by Crippen LogP contribution is -2.24. The van der Waals surface area contributed by atoms with E-state index in [2.05, 4.69) is 4.90 Å². The van der Waals surface area contributed by atoms with Crippen LogP contribution < -0.4 is 0 Å². The summed E-state index contributed by atoms with van der Waals surface area (Å²) in [6.07, 6.45) is 1.08. The van der Waals surface area contributed by atoms with Gasteiger partial charge < -0.3 is 15.1 Å². The average molecular weight is 145 g/mol. The number of rotatable bonds is 3. The van der Waals surface area contributed by atoms with E-state index in [4.69, 9.17) is 10.2 Å². The first kappa shape index (κ1) is 7.98. The second-order valence-electron chi connectivity index (χ2n) is 2.86. The lowest BCUT2D eigenvalue weighted by Gasteiger charge is -2.12. The molecule has 0 aromatic heterocycles. The van der Waals surface area contributed by atoms with Gasteiger partial charge in [-0.05, 0) is 18.9 Å². The van der Waals surface area contributed by atoms with Gasteiger partial charge in [-0.3, -0.25) is 0 Å². The molecule has 60 valence electrons. The molecule has 3 nitrogen and oxygen atoms in total. The van der Waals surface area contributed by atoms with Gasteiger partial charge in [0, 0.05) is 19.7 Å². The number of aliphatic hydroxyl groups is 2. The highest BCUT2D eigenvalue weighted by Gasteiger charge is 2.20. The number of hydrogen-bond donors (Lipinski definition) is 2. The van der Waals surface area contributed by atoms with Crippen LogP contribution in [-0.4, -0.2) is 48.0 Å². The lowest BCUT2D eigenvalue weighted by molar-refractivity contribution is 0.197. The van der Waals surface area contributed by atoms with Crippen molar-refractivity contribution < 1.29 is 10.2 Å². The van der Waals surface area contributed by atoms with Gasteiger partial charge in [0.15, 0.2) is 0 Å². The molecule has 0 radical (unpaired) electrons. The van der Waals surface area contributed by atoms with Gasteiger partial charge in [0.25, 0.3) is 0 Å². The van der Waals surface area contributed by atoms with Crippen molar-refractivity contribution >= 4 is 0 Å². The second-order valence-corrected chi connectivity index (χ2v) is 2.86. The minimum atomic E-state index is 0.234. The molecule has 1 unspecified atom stereocenters. The van der Waals surface area contributed by atoms with Crippen molar-refractivity contribution in [2.24, 2.45) is 5.92 Å². The molecule has 1 rings (SSSR count). The summed E-state index contributed by atoms with van der Waals surface area (Å²) in [6.45, 7) is 3.28. The summed E-state index contributed by atoms with van der Waals surface area (Å²) in [6, 6.07) is 0. The van der Waals surface area contributed by atoms with Crippen LogP contribution in [0.1, 0.15) is 6.42 Å². The van der Waals surface area contributed by atoms with Crippen molar-refractivity contribution in [2.45, 2.75) is 6.42 Å². The van der Waals surface area contributed by atoms with Crippen molar-refractivity contribution in [1.82, 2.24) is 4.90 Å². The number of aliphatic hydroxyl groups excluding tert-OH is 2. The quantitative estimate of drug-likeness (QED) is 0.551. The Morgan fingerprint density at radius 1 is 1.40 bits per heavy atom. The highest BCUT2D eigenvalue weighted by molar-refractivity contribution is 4.74. The number of nitrogens with zero attached hydrogens (tertiary/aromatic N) is 1. The van der Waals surface area contributed by atoms with Crippen molar-refractivity contribution in [1.29, 1.82) is 0 Å². The summed E-state index contributed by atoms with van der Waals surface area (Å²) in [7, 11) is 0. The number of β-amino-alcohol motifs (C(OH)–C–C–N with tert-alkyl or cyclic N) is 1. The third-order valence-corrected chi connectivity index (χ3v) is 2.04. The zero-order valence-electron chi connectivity index (χ0n) is 6.16. The third kappa shape index (κ3) is 1.94. The third-order valence-electron chi connectivity index (χ3n) is 2.04. The van der Waals surface area contributed by atoms with E-state index in [0.717, 1.165) is 26.1 Å². The molecule has 0 aromatic rings. The van der Waals surface area contributed by atoms with E-state index in [0.29, 0.717) is 12.5 Å². The van der Waals surface area contributed by atoms with E-state index in [9.17, 15) is 0 Å². The Labute approximate surface area is 61.3 Å². The van der Waals surface area contributed by atoms with Gasteiger partial charge in [0.05, 0.1) is 6.61 Å². The molecule has 0 bridgehead atoms. The van der Waals surface area contributed by atoms with Crippen LogP contribution in [0.25, 0.3) is 0 Å². The van der Waals surface area contributed by atoms with Gasteiger partial charge in [0.2, 0.25) is 0 Å². The molecular weight excluding hydrogens is 130 g/mol. The minimum Gasteiger partial charge on any atom is -0.396 e. The van der Waals surface area contributed by atoms with Gasteiger partial charge in [-0.25, -0.2) is 0 Å². The highest BCUT2D eigenvalue weighted by atomic mass is 16.3. The fourth-order valence-electron chi connectivity index (χ4n) is 1.41. The summed E-state index contributed by atoms with van der Waals surface area (Å²) >= 11 is 0. The molecule has 1 saturated heterocycles. The Morgan fingerprint density at radius 2 is 2.20 bits per heavy atom. The molecule has 2 N–H and O–H groups in total. The van der Waals surface area contributed by atoms with Gasteiger partial charge in [-0.15, -0.1) is 0 Å². The smallest absolute Gasteiger partial charge is 0.0558 e. The molecule has 10 heavy (non-hydrogen) atoms. The maximum atomic E-state index is 8.76. The lowest BCUT2D eigenvalue weighted by atomic mass is 10.1. The molecule has 0 amide bonds. The zero-order valence-corrected chi connectivity index (χ0v) is 6.16. The van der Waals surface area contributed by atoms with Gasteiger partial charge in [-0.2, -0.15) is 0 Å². The summed E-state index contributed by atoms with van der Waals surface area (Å²) in [4.78, 5) is 2.18. The molecule has 0 aliphatic carbocycles. The summed E-state index contributed by atoms with van der Waals surface area (Å²) in [5.41, 5.74) is 0. The topological polar surface area (TPSA) is 43.7 Å². The van der Waals surface area contributed by atoms with E-state index < -0.39 is 0 Å². The number of hydrogen-bond acceptors (Lipinski definition) is 3. The second kappa shape index (κ2) is 3.91. The summed E-state index contributed by atoms with van der Waals surface area (Å²) in [5, 5.41) is 17.3. The summed E-state index contributed by atoms with van der Waals surface area (Å²) in [5.74, 6) is 0.451. The molecule has 3 heteroatoms. The normalized spacial score (nSPS) is 27.6. The molecular formula is C7H15NO2. The first-order valence-electron chi connectivity index (χ1n) is 3.81. The van der Waals surface area contributed by atoms with Crippen LogP contribution >= 0.6 is 0 Å². The van der Waals surface area contributed by atoms with Gasteiger partial charge in [0.1, 0.15) is 0 Å². The van der Waals surface area contributed by atoms with Crippen molar-refractivity contribution in [3.05, 3.63) is 0 Å². The van der Waals surface area contributed by atoms with Gasteiger partial charge >= 0.3 is 0 Å². The van der Waals surface area contributed by atoms with Crippen LogP contribution in [0.3, 0.4) is 0 Å². The molecule has 1 fully saturated rings. The monoisotopic (exact) mass is 145 g/mol. The predicted molar refractivity (Wildman–Crippen MR) is 38.7 cm³/mol. The highest BCUT2D eigenvalue weighted by Crippen LogP contribution is 2.13. The minimum absolute atomic E-state index is 0.234. The van der Waals surface area contributed by atoms with Crippen LogP contribution in [-0.2, 0) is 0 Å². The van der Waals surface area contributed by atoms with Crippen LogP contribution in [0.15, 0.2) is 0 Å². The maximum absolute atomic E-state index is 8.76. The SMILES string of the molecule is OCCN1CCC(CO)C1. The first-order chi connectivity index (χ1) is 4.86. The van der Waals surface area contributed by atoms with E-state index in [1.54, 1.807) is 0 Å². The van der Waals surface area contributed by atoms with E-state index in [1.165, 1.54) is 0 Å². The fourth-order valence-corrected chi connectivity index (χ4v) is 1.41. The predicted octanol–water partition coefficient (Wildman–Crippen LogP) is -0.707. The number of likely N-dealkylation sites (tertiary alicyclic amines) is 1. The Bertz CT molecular complexity index is 97.6. The van der Waals surface area contributed by atoms with Crippen LogP contribution in [0.2, 0.25) is 0 Å². The van der Waals surface area contributed by atoms with Gasteiger partial charge in [-0.1, -0.05) is 0 Å². The largest absolute Gasteiger partial charge is 0.396 e. The van der Waals surface area contributed by atoms with E-state index >= 15 is 0 Å². The van der Waals surface area contributed by atoms with E-state index in [-0.39, 0.29) is 6.61 Å². The van der Waals surface area contributed by atoms with Crippen molar-refractivity contribution in [3.63, 3.8) is 0 Å². The molecule has 1 aliphatic rings. The zero-order chi connectivity index (χ0) is 7.40. The Kier molecular flexibility index (Phi) is 3.12. The molecule has 0 spiro atoms. The molecule has 0 saturated carbocycles. The Morgan fingerprint density at radius 3 is 2.70 bits per heavy atom. The molecule has 1 heterocycles. The van der Waals surface area contributed by atoms with Crippen molar-refractivity contribution in [2.75, 3.05) is 32.8 Å². The molecule has 0 aromatic carbocycles. The Hall–Kier alpha value is -0.120. The average Bonchev–Trinajstić information content (AvgIpc) is 2.37. The van der Waals surface area contributed by atoms with Crippen LogP contribution in [0.4, 0.5) is 0 Å². The fraction of sp³-hybridized carbons (Fsp3) is 1.00. The van der Waals surface area contributed by atoms with Crippen LogP contribution in [0, 0.1) is 5.92 Å². The standard InChI is InChI=1S/C7H15NO2/c9-4-3-8-2-1-7(5-8)6-10/h7,9-10H,1-6H2. The molecule has 1 atom stereocenters. The first-order valence-corrected chi connectivity index (χ1v) is 3.81. The maximum Gasteiger partial charge on any atom is 0.0558 e. The van der Waals surface area contributed by atoms with E-state index in [1.807, 2.05) is 0 Å². The van der Waals surface area contributed by atoms with Crippen LogP contribution in [0.5, 0.6) is 0 Å².